The summed E-state index contributed by atoms with van der Waals surface area (Å²) in [5.74, 6) is 0. The summed E-state index contributed by atoms with van der Waals surface area (Å²) in [6.45, 7) is 1.03. The van der Waals surface area contributed by atoms with Gasteiger partial charge in [-0.15, -0.1) is 0 Å². The molecule has 0 saturated carbocycles. The number of nitrogens with one attached hydrogen (secondary N) is 1. The molecule has 1 aromatic heterocycles. The Bertz CT molecular complexity index is 1020. The SMILES string of the molecule is CS(=O)(=O)NC(CC(O)Cn1c2ccccc2c2ccccc21)C1CCCO1. The Morgan fingerprint density at radius 2 is 1.75 bits per heavy atom. The molecule has 0 bridgehead atoms. The van der Waals surface area contributed by atoms with Crippen LogP contribution in [0.4, 0.5) is 0 Å². The van der Waals surface area contributed by atoms with Crippen molar-refractivity contribution in [2.75, 3.05) is 12.9 Å². The van der Waals surface area contributed by atoms with Crippen molar-refractivity contribution >= 4 is 31.8 Å². The van der Waals surface area contributed by atoms with Crippen LogP contribution in [-0.2, 0) is 21.3 Å². The van der Waals surface area contributed by atoms with E-state index in [1.807, 2.05) is 36.4 Å². The van der Waals surface area contributed by atoms with Crippen LogP contribution in [-0.4, -0.2) is 49.2 Å². The van der Waals surface area contributed by atoms with Crippen molar-refractivity contribution in [1.82, 2.24) is 9.29 Å². The molecule has 6 nitrogen and oxygen atoms in total. The van der Waals surface area contributed by atoms with E-state index >= 15 is 0 Å². The number of aromatic nitrogens is 1. The summed E-state index contributed by atoms with van der Waals surface area (Å²) in [5.41, 5.74) is 2.12. The van der Waals surface area contributed by atoms with Gasteiger partial charge in [-0.1, -0.05) is 36.4 Å². The van der Waals surface area contributed by atoms with Gasteiger partial charge in [0.15, 0.2) is 0 Å². The third kappa shape index (κ3) is 4.07. The molecule has 2 N–H and O–H groups in total. The summed E-state index contributed by atoms with van der Waals surface area (Å²) in [6.07, 6.45) is 2.27. The van der Waals surface area contributed by atoms with Crippen LogP contribution in [0.15, 0.2) is 48.5 Å². The first kappa shape index (κ1) is 19.4. The van der Waals surface area contributed by atoms with Crippen molar-refractivity contribution in [2.45, 2.75) is 44.1 Å². The fraction of sp³-hybridized carbons (Fsp3) is 0.429. The molecule has 3 atom stereocenters. The van der Waals surface area contributed by atoms with Crippen molar-refractivity contribution in [3.8, 4) is 0 Å². The van der Waals surface area contributed by atoms with Gasteiger partial charge in [0.25, 0.3) is 0 Å². The van der Waals surface area contributed by atoms with Gasteiger partial charge >= 0.3 is 0 Å². The molecule has 4 rings (SSSR count). The third-order valence-electron chi connectivity index (χ3n) is 5.38. The maximum atomic E-state index is 11.8. The number of hydrogen-bond acceptors (Lipinski definition) is 4. The molecule has 28 heavy (non-hydrogen) atoms. The number of nitrogens with zero attached hydrogens (tertiary/aromatic N) is 1. The van der Waals surface area contributed by atoms with Crippen molar-refractivity contribution < 1.29 is 18.3 Å². The summed E-state index contributed by atoms with van der Waals surface area (Å²) < 4.78 is 34.1. The molecule has 3 unspecified atom stereocenters. The van der Waals surface area contributed by atoms with E-state index in [0.29, 0.717) is 19.6 Å². The van der Waals surface area contributed by atoms with Crippen LogP contribution < -0.4 is 4.72 Å². The average molecular weight is 403 g/mol. The zero-order chi connectivity index (χ0) is 19.7. The lowest BCUT2D eigenvalue weighted by Crippen LogP contribution is -2.45. The van der Waals surface area contributed by atoms with E-state index in [9.17, 15) is 13.5 Å². The lowest BCUT2D eigenvalue weighted by atomic mass is 10.0. The first-order valence-corrected chi connectivity index (χ1v) is 11.5. The number of ether oxygens (including phenoxy) is 1. The van der Waals surface area contributed by atoms with Crippen molar-refractivity contribution in [3.63, 3.8) is 0 Å². The first-order valence-electron chi connectivity index (χ1n) is 9.65. The van der Waals surface area contributed by atoms with Crippen LogP contribution in [0, 0.1) is 0 Å². The molecule has 0 radical (unpaired) electrons. The predicted octanol–water partition coefficient (Wildman–Crippen LogP) is 2.64. The number of rotatable bonds is 7. The summed E-state index contributed by atoms with van der Waals surface area (Å²) in [4.78, 5) is 0. The minimum absolute atomic E-state index is 0.192. The largest absolute Gasteiger partial charge is 0.391 e. The highest BCUT2D eigenvalue weighted by atomic mass is 32.2. The van der Waals surface area contributed by atoms with Crippen molar-refractivity contribution in [3.05, 3.63) is 48.5 Å². The highest BCUT2D eigenvalue weighted by molar-refractivity contribution is 7.88. The number of aliphatic hydroxyl groups is 1. The van der Waals surface area contributed by atoms with Gasteiger partial charge in [0.05, 0.1) is 24.5 Å². The monoisotopic (exact) mass is 402 g/mol. The normalized spacial score (nSPS) is 20.0. The summed E-state index contributed by atoms with van der Waals surface area (Å²) in [7, 11) is -3.39. The molecule has 150 valence electrons. The van der Waals surface area contributed by atoms with E-state index in [-0.39, 0.29) is 6.10 Å². The second-order valence-corrected chi connectivity index (χ2v) is 9.36. The van der Waals surface area contributed by atoms with Gasteiger partial charge in [0, 0.05) is 35.0 Å². The maximum Gasteiger partial charge on any atom is 0.209 e. The van der Waals surface area contributed by atoms with Crippen LogP contribution in [0.5, 0.6) is 0 Å². The fourth-order valence-electron chi connectivity index (χ4n) is 4.25. The molecule has 2 heterocycles. The second-order valence-electron chi connectivity index (χ2n) is 7.58. The standard InChI is InChI=1S/C21H26N2O4S/c1-28(25,26)22-18(21-11-6-12-27-21)13-15(24)14-23-19-9-4-2-7-16(19)17-8-3-5-10-20(17)23/h2-5,7-10,15,18,21-22,24H,6,11-14H2,1H3. The van der Waals surface area contributed by atoms with E-state index in [1.165, 1.54) is 0 Å². The van der Waals surface area contributed by atoms with Gasteiger partial charge in [-0.2, -0.15) is 0 Å². The third-order valence-corrected chi connectivity index (χ3v) is 6.11. The molecule has 3 aromatic rings. The van der Waals surface area contributed by atoms with Crippen LogP contribution in [0.25, 0.3) is 21.8 Å². The second kappa shape index (κ2) is 7.83. The molecule has 1 aliphatic rings. The van der Waals surface area contributed by atoms with E-state index in [1.54, 1.807) is 0 Å². The zero-order valence-electron chi connectivity index (χ0n) is 15.9. The van der Waals surface area contributed by atoms with Gasteiger partial charge in [-0.3, -0.25) is 0 Å². The average Bonchev–Trinajstić information content (AvgIpc) is 3.28. The van der Waals surface area contributed by atoms with Gasteiger partial charge in [-0.05, 0) is 31.4 Å². The van der Waals surface area contributed by atoms with Gasteiger partial charge in [0.2, 0.25) is 10.0 Å². The number of para-hydroxylation sites is 2. The van der Waals surface area contributed by atoms with Crippen molar-refractivity contribution in [1.29, 1.82) is 0 Å². The molecule has 7 heteroatoms. The molecule has 0 spiro atoms. The van der Waals surface area contributed by atoms with Gasteiger partial charge in [0.1, 0.15) is 0 Å². The van der Waals surface area contributed by atoms with Gasteiger partial charge < -0.3 is 14.4 Å². The molecule has 1 saturated heterocycles. The highest BCUT2D eigenvalue weighted by Gasteiger charge is 2.30. The van der Waals surface area contributed by atoms with Crippen molar-refractivity contribution in [2.24, 2.45) is 0 Å². The van der Waals surface area contributed by atoms with Gasteiger partial charge in [-0.25, -0.2) is 13.1 Å². The van der Waals surface area contributed by atoms with Crippen LogP contribution in [0.2, 0.25) is 0 Å². The first-order chi connectivity index (χ1) is 13.4. The van der Waals surface area contributed by atoms with E-state index in [0.717, 1.165) is 40.9 Å². The zero-order valence-corrected chi connectivity index (χ0v) is 16.7. The Morgan fingerprint density at radius 1 is 1.14 bits per heavy atom. The maximum absolute atomic E-state index is 11.8. The molecule has 1 aliphatic heterocycles. The van der Waals surface area contributed by atoms with Crippen LogP contribution in [0.1, 0.15) is 19.3 Å². The summed E-state index contributed by atoms with van der Waals surface area (Å²) in [5, 5.41) is 13.2. The van der Waals surface area contributed by atoms with Crippen LogP contribution in [0.3, 0.4) is 0 Å². The molecule has 1 fully saturated rings. The Kier molecular flexibility index (Phi) is 5.42. The Labute approximate surface area is 165 Å². The number of hydrogen-bond donors (Lipinski definition) is 2. The molecule has 0 aliphatic carbocycles. The number of fused-ring (bicyclic) bond motifs is 3. The lowest BCUT2D eigenvalue weighted by Gasteiger charge is -2.26. The lowest BCUT2D eigenvalue weighted by molar-refractivity contribution is 0.0563. The minimum atomic E-state index is -3.39. The Morgan fingerprint density at radius 3 is 2.29 bits per heavy atom. The molecule has 0 amide bonds. The number of sulfonamides is 1. The number of benzene rings is 2. The van der Waals surface area contributed by atoms with Crippen LogP contribution >= 0.6 is 0 Å². The Balaban J connectivity index is 1.61. The minimum Gasteiger partial charge on any atom is -0.391 e. The molecular weight excluding hydrogens is 376 g/mol. The fourth-order valence-corrected chi connectivity index (χ4v) is 5.05. The molecular formula is C21H26N2O4S. The van der Waals surface area contributed by atoms with E-state index in [4.69, 9.17) is 4.74 Å². The summed E-state index contributed by atoms with van der Waals surface area (Å²) in [6, 6.07) is 15.8. The predicted molar refractivity (Wildman–Crippen MR) is 111 cm³/mol. The summed E-state index contributed by atoms with van der Waals surface area (Å²) >= 11 is 0. The highest BCUT2D eigenvalue weighted by Crippen LogP contribution is 2.29. The topological polar surface area (TPSA) is 80.6 Å². The Hall–Kier alpha value is -1.93. The van der Waals surface area contributed by atoms with E-state index in [2.05, 4.69) is 21.4 Å². The quantitative estimate of drug-likeness (QED) is 0.637. The van der Waals surface area contributed by atoms with E-state index < -0.39 is 22.2 Å². The molecule has 2 aromatic carbocycles. The smallest absolute Gasteiger partial charge is 0.209 e. The number of aliphatic hydroxyl groups excluding tert-OH is 1.